The van der Waals surface area contributed by atoms with E-state index in [2.05, 4.69) is 11.9 Å². The van der Waals surface area contributed by atoms with E-state index in [-0.39, 0.29) is 5.78 Å². The van der Waals surface area contributed by atoms with Crippen molar-refractivity contribution >= 4 is 5.78 Å². The summed E-state index contributed by atoms with van der Waals surface area (Å²) in [7, 11) is 1.86. The summed E-state index contributed by atoms with van der Waals surface area (Å²) in [5.74, 6) is 0.214. The van der Waals surface area contributed by atoms with Crippen LogP contribution < -0.4 is 0 Å². The second-order valence-electron chi connectivity index (χ2n) is 3.98. The lowest BCUT2D eigenvalue weighted by molar-refractivity contribution is 0.0971. The molecule has 0 amide bonds. The molecule has 3 heteroatoms. The lowest BCUT2D eigenvalue weighted by atomic mass is 10.1. The number of unbranched alkanes of at least 4 members (excludes halogenated alkanes) is 4. The molecule has 1 rings (SSSR count). The first-order chi connectivity index (χ1) is 7.25. The molecule has 15 heavy (non-hydrogen) atoms. The van der Waals surface area contributed by atoms with Crippen LogP contribution in [0.2, 0.25) is 0 Å². The van der Waals surface area contributed by atoms with Crippen molar-refractivity contribution in [2.45, 2.75) is 45.4 Å². The van der Waals surface area contributed by atoms with Gasteiger partial charge in [-0.05, 0) is 6.42 Å². The predicted molar refractivity (Wildman–Crippen MR) is 60.9 cm³/mol. The second kappa shape index (κ2) is 6.38. The van der Waals surface area contributed by atoms with E-state index in [0.29, 0.717) is 6.42 Å². The number of aryl methyl sites for hydroxylation is 1. The monoisotopic (exact) mass is 208 g/mol. The highest BCUT2D eigenvalue weighted by Crippen LogP contribution is 2.09. The number of rotatable bonds is 7. The predicted octanol–water partition coefficient (Wildman–Crippen LogP) is 2.96. The molecule has 0 N–H and O–H groups in total. The summed E-state index contributed by atoms with van der Waals surface area (Å²) in [6, 6.07) is 0. The molecule has 84 valence electrons. The number of hydrogen-bond acceptors (Lipinski definition) is 2. The van der Waals surface area contributed by atoms with Crippen molar-refractivity contribution in [2.24, 2.45) is 7.05 Å². The fraction of sp³-hybridized carbons (Fsp3) is 0.667. The molecule has 0 saturated heterocycles. The van der Waals surface area contributed by atoms with Gasteiger partial charge in [-0.3, -0.25) is 4.79 Å². The number of imidazole rings is 1. The summed E-state index contributed by atoms with van der Waals surface area (Å²) in [5, 5.41) is 0. The van der Waals surface area contributed by atoms with E-state index in [4.69, 9.17) is 0 Å². The summed E-state index contributed by atoms with van der Waals surface area (Å²) in [4.78, 5) is 15.6. The Kier molecular flexibility index (Phi) is 5.08. The third kappa shape index (κ3) is 3.86. The summed E-state index contributed by atoms with van der Waals surface area (Å²) in [6.45, 7) is 2.20. The molecule has 1 aromatic rings. The zero-order valence-electron chi connectivity index (χ0n) is 9.70. The molecular formula is C12H20N2O. The van der Waals surface area contributed by atoms with Crippen molar-refractivity contribution in [3.63, 3.8) is 0 Å². The minimum Gasteiger partial charge on any atom is -0.331 e. The van der Waals surface area contributed by atoms with Crippen molar-refractivity contribution in [1.82, 2.24) is 9.55 Å². The van der Waals surface area contributed by atoms with Crippen LogP contribution in [0, 0.1) is 0 Å². The van der Waals surface area contributed by atoms with Gasteiger partial charge in [-0.1, -0.05) is 32.6 Å². The molecule has 0 unspecified atom stereocenters. The van der Waals surface area contributed by atoms with Crippen molar-refractivity contribution in [2.75, 3.05) is 0 Å². The zero-order chi connectivity index (χ0) is 11.1. The molecule has 0 spiro atoms. The standard InChI is InChI=1S/C12H20N2O/c1-3-4-5-6-7-8-12(15)11-9-13-10-14(11)2/h9-10H,3-8H2,1-2H3. The summed E-state index contributed by atoms with van der Waals surface area (Å²) < 4.78 is 1.79. The smallest absolute Gasteiger partial charge is 0.180 e. The molecule has 1 aromatic heterocycles. The Hall–Kier alpha value is -1.12. The highest BCUT2D eigenvalue weighted by Gasteiger charge is 2.08. The largest absolute Gasteiger partial charge is 0.331 e. The molecular weight excluding hydrogens is 188 g/mol. The summed E-state index contributed by atoms with van der Waals surface area (Å²) >= 11 is 0. The lowest BCUT2D eigenvalue weighted by Gasteiger charge is -2.01. The maximum absolute atomic E-state index is 11.7. The molecule has 3 nitrogen and oxygen atoms in total. The van der Waals surface area contributed by atoms with Crippen LogP contribution in [-0.4, -0.2) is 15.3 Å². The molecule has 1 heterocycles. The van der Waals surface area contributed by atoms with E-state index in [1.165, 1.54) is 19.3 Å². The molecule has 0 saturated carbocycles. The average Bonchev–Trinajstić information content (AvgIpc) is 2.64. The van der Waals surface area contributed by atoms with E-state index in [1.54, 1.807) is 17.1 Å². The maximum Gasteiger partial charge on any atom is 0.180 e. The van der Waals surface area contributed by atoms with E-state index in [9.17, 15) is 4.79 Å². The van der Waals surface area contributed by atoms with Gasteiger partial charge in [0.25, 0.3) is 0 Å². The number of hydrogen-bond donors (Lipinski definition) is 0. The van der Waals surface area contributed by atoms with Crippen molar-refractivity contribution in [3.8, 4) is 0 Å². The van der Waals surface area contributed by atoms with Gasteiger partial charge in [0.1, 0.15) is 5.69 Å². The molecule has 0 aliphatic heterocycles. The normalized spacial score (nSPS) is 10.5. The van der Waals surface area contributed by atoms with Gasteiger partial charge in [-0.25, -0.2) is 4.98 Å². The van der Waals surface area contributed by atoms with Crippen LogP contribution in [0.1, 0.15) is 55.9 Å². The van der Waals surface area contributed by atoms with Gasteiger partial charge in [0, 0.05) is 13.5 Å². The quantitative estimate of drug-likeness (QED) is 0.510. The Morgan fingerprint density at radius 2 is 2.07 bits per heavy atom. The minimum atomic E-state index is 0.214. The van der Waals surface area contributed by atoms with Crippen LogP contribution in [0.4, 0.5) is 0 Å². The topological polar surface area (TPSA) is 34.9 Å². The molecule has 0 aromatic carbocycles. The van der Waals surface area contributed by atoms with Crippen molar-refractivity contribution < 1.29 is 4.79 Å². The fourth-order valence-corrected chi connectivity index (χ4v) is 1.64. The number of carbonyl (C=O) groups excluding carboxylic acids is 1. The minimum absolute atomic E-state index is 0.214. The van der Waals surface area contributed by atoms with Crippen LogP contribution in [0.15, 0.2) is 12.5 Å². The third-order valence-electron chi connectivity index (χ3n) is 2.61. The molecule has 0 fully saturated rings. The first-order valence-electron chi connectivity index (χ1n) is 5.75. The molecule has 0 radical (unpaired) electrons. The Morgan fingerprint density at radius 1 is 1.33 bits per heavy atom. The van der Waals surface area contributed by atoms with Crippen LogP contribution in [0.25, 0.3) is 0 Å². The van der Waals surface area contributed by atoms with E-state index >= 15 is 0 Å². The Bertz CT molecular complexity index is 304. The Morgan fingerprint density at radius 3 is 2.67 bits per heavy atom. The van der Waals surface area contributed by atoms with Gasteiger partial charge in [-0.15, -0.1) is 0 Å². The zero-order valence-corrected chi connectivity index (χ0v) is 9.70. The van der Waals surface area contributed by atoms with Crippen LogP contribution in [0.5, 0.6) is 0 Å². The van der Waals surface area contributed by atoms with E-state index in [0.717, 1.165) is 18.5 Å². The lowest BCUT2D eigenvalue weighted by Crippen LogP contribution is -2.04. The summed E-state index contributed by atoms with van der Waals surface area (Å²) in [6.07, 6.45) is 9.91. The summed E-state index contributed by atoms with van der Waals surface area (Å²) in [5.41, 5.74) is 0.727. The number of ketones is 1. The van der Waals surface area contributed by atoms with Gasteiger partial charge in [-0.2, -0.15) is 0 Å². The highest BCUT2D eigenvalue weighted by molar-refractivity contribution is 5.94. The van der Waals surface area contributed by atoms with Crippen LogP contribution >= 0.6 is 0 Å². The first-order valence-corrected chi connectivity index (χ1v) is 5.75. The highest BCUT2D eigenvalue weighted by atomic mass is 16.1. The van der Waals surface area contributed by atoms with Crippen LogP contribution in [0.3, 0.4) is 0 Å². The second-order valence-corrected chi connectivity index (χ2v) is 3.98. The average molecular weight is 208 g/mol. The van der Waals surface area contributed by atoms with Crippen molar-refractivity contribution in [3.05, 3.63) is 18.2 Å². The fourth-order valence-electron chi connectivity index (χ4n) is 1.64. The molecule has 0 bridgehead atoms. The maximum atomic E-state index is 11.7. The van der Waals surface area contributed by atoms with Crippen LogP contribution in [-0.2, 0) is 7.05 Å². The van der Waals surface area contributed by atoms with Gasteiger partial charge in [0.15, 0.2) is 5.78 Å². The first kappa shape index (κ1) is 12.0. The molecule has 0 atom stereocenters. The van der Waals surface area contributed by atoms with Gasteiger partial charge in [0.05, 0.1) is 12.5 Å². The number of nitrogens with zero attached hydrogens (tertiary/aromatic N) is 2. The molecule has 0 aliphatic carbocycles. The third-order valence-corrected chi connectivity index (χ3v) is 2.61. The van der Waals surface area contributed by atoms with E-state index < -0.39 is 0 Å². The van der Waals surface area contributed by atoms with Gasteiger partial charge < -0.3 is 4.57 Å². The number of aromatic nitrogens is 2. The SMILES string of the molecule is CCCCCCCC(=O)c1cncn1C. The van der Waals surface area contributed by atoms with Crippen molar-refractivity contribution in [1.29, 1.82) is 0 Å². The molecule has 0 aliphatic rings. The van der Waals surface area contributed by atoms with Gasteiger partial charge in [0.2, 0.25) is 0 Å². The Balaban J connectivity index is 2.22. The Labute approximate surface area is 91.5 Å². The number of Topliss-reactive ketones (excluding diaryl/α,β-unsaturated/α-hetero) is 1. The van der Waals surface area contributed by atoms with E-state index in [1.807, 2.05) is 7.05 Å². The number of carbonyl (C=O) groups is 1. The van der Waals surface area contributed by atoms with Gasteiger partial charge >= 0.3 is 0 Å².